The van der Waals surface area contributed by atoms with Crippen molar-refractivity contribution in [3.63, 3.8) is 0 Å². The molecule has 4 nitrogen and oxygen atoms in total. The van der Waals surface area contributed by atoms with E-state index in [-0.39, 0.29) is 17.4 Å². The molecule has 0 saturated heterocycles. The van der Waals surface area contributed by atoms with Gasteiger partial charge in [-0.25, -0.2) is 0 Å². The summed E-state index contributed by atoms with van der Waals surface area (Å²) in [7, 11) is 0. The summed E-state index contributed by atoms with van der Waals surface area (Å²) in [6, 6.07) is 10.7. The largest absolute Gasteiger partial charge is 0.450 e. The SMILES string of the molecule is Cc1cccc(Oc2ccc(Br)cc2C(C)C)c1[N+](=O)[O-]. The van der Waals surface area contributed by atoms with Crippen molar-refractivity contribution in [2.75, 3.05) is 0 Å². The van der Waals surface area contributed by atoms with Crippen LogP contribution in [0.25, 0.3) is 0 Å². The highest BCUT2D eigenvalue weighted by Gasteiger charge is 2.20. The van der Waals surface area contributed by atoms with E-state index in [0.717, 1.165) is 10.0 Å². The first-order chi connectivity index (χ1) is 9.90. The van der Waals surface area contributed by atoms with Gasteiger partial charge in [0.15, 0.2) is 0 Å². The van der Waals surface area contributed by atoms with Gasteiger partial charge in [0, 0.05) is 10.0 Å². The summed E-state index contributed by atoms with van der Waals surface area (Å²) in [5.41, 5.74) is 1.59. The van der Waals surface area contributed by atoms with Crippen LogP contribution in [0.1, 0.15) is 30.9 Å². The summed E-state index contributed by atoms with van der Waals surface area (Å²) >= 11 is 3.44. The lowest BCUT2D eigenvalue weighted by atomic mass is 10.0. The summed E-state index contributed by atoms with van der Waals surface area (Å²) in [5.74, 6) is 1.16. The third kappa shape index (κ3) is 3.42. The standard InChI is InChI=1S/C16H16BrNO3/c1-10(2)13-9-12(17)7-8-14(13)21-15-6-4-5-11(3)16(15)18(19)20/h4-10H,1-3H3. The molecule has 2 aromatic rings. The minimum atomic E-state index is -0.404. The van der Waals surface area contributed by atoms with Gasteiger partial charge in [-0.15, -0.1) is 0 Å². The fraction of sp³-hybridized carbons (Fsp3) is 0.250. The molecule has 2 rings (SSSR count). The van der Waals surface area contributed by atoms with E-state index in [1.165, 1.54) is 0 Å². The molecule has 0 saturated carbocycles. The Kier molecular flexibility index (Phi) is 4.63. The molecule has 0 bridgehead atoms. The monoisotopic (exact) mass is 349 g/mol. The van der Waals surface area contributed by atoms with Gasteiger partial charge in [0.1, 0.15) is 5.75 Å². The minimum absolute atomic E-state index is 0.00937. The van der Waals surface area contributed by atoms with Crippen LogP contribution >= 0.6 is 15.9 Å². The van der Waals surface area contributed by atoms with Crippen molar-refractivity contribution < 1.29 is 9.66 Å². The van der Waals surface area contributed by atoms with Crippen LogP contribution in [0.4, 0.5) is 5.69 Å². The predicted molar refractivity (Wildman–Crippen MR) is 86.1 cm³/mol. The Morgan fingerprint density at radius 2 is 1.90 bits per heavy atom. The molecular formula is C16H16BrNO3. The highest BCUT2D eigenvalue weighted by Crippen LogP contribution is 2.37. The number of nitrogens with zero attached hydrogens (tertiary/aromatic N) is 1. The molecule has 0 aliphatic carbocycles. The third-order valence-electron chi connectivity index (χ3n) is 3.20. The smallest absolute Gasteiger partial charge is 0.314 e. The van der Waals surface area contributed by atoms with Crippen LogP contribution in [0.15, 0.2) is 40.9 Å². The molecule has 0 heterocycles. The van der Waals surface area contributed by atoms with E-state index in [0.29, 0.717) is 11.3 Å². The molecule has 21 heavy (non-hydrogen) atoms. The van der Waals surface area contributed by atoms with Gasteiger partial charge < -0.3 is 4.74 Å². The van der Waals surface area contributed by atoms with Crippen LogP contribution in [-0.2, 0) is 0 Å². The molecule has 2 aromatic carbocycles. The third-order valence-corrected chi connectivity index (χ3v) is 3.69. The van der Waals surface area contributed by atoms with Crippen molar-refractivity contribution in [1.82, 2.24) is 0 Å². The summed E-state index contributed by atoms with van der Waals surface area (Å²) in [6.45, 7) is 5.81. The molecule has 0 spiro atoms. The maximum Gasteiger partial charge on any atom is 0.314 e. The summed E-state index contributed by atoms with van der Waals surface area (Å²) < 4.78 is 6.79. The molecule has 0 radical (unpaired) electrons. The minimum Gasteiger partial charge on any atom is -0.450 e. The van der Waals surface area contributed by atoms with Gasteiger partial charge in [-0.3, -0.25) is 10.1 Å². The second-order valence-electron chi connectivity index (χ2n) is 5.12. The molecule has 0 fully saturated rings. The van der Waals surface area contributed by atoms with Crippen LogP contribution in [0, 0.1) is 17.0 Å². The second-order valence-corrected chi connectivity index (χ2v) is 6.03. The average molecular weight is 350 g/mol. The number of rotatable bonds is 4. The first-order valence-corrected chi connectivity index (χ1v) is 7.40. The van der Waals surface area contributed by atoms with Gasteiger partial charge in [0.2, 0.25) is 5.75 Å². The lowest BCUT2D eigenvalue weighted by molar-refractivity contribution is -0.386. The van der Waals surface area contributed by atoms with E-state index in [1.54, 1.807) is 25.1 Å². The Balaban J connectivity index is 2.49. The molecule has 0 aromatic heterocycles. The molecular weight excluding hydrogens is 334 g/mol. The molecule has 5 heteroatoms. The predicted octanol–water partition coefficient (Wildman–Crippen LogP) is 5.58. The Morgan fingerprint density at radius 3 is 2.52 bits per heavy atom. The Labute approximate surface area is 132 Å². The number of nitro groups is 1. The maximum absolute atomic E-state index is 11.2. The van der Waals surface area contributed by atoms with E-state index in [2.05, 4.69) is 29.8 Å². The Bertz CT molecular complexity index is 683. The molecule has 0 amide bonds. The zero-order valence-electron chi connectivity index (χ0n) is 12.1. The van der Waals surface area contributed by atoms with Gasteiger partial charge >= 0.3 is 5.69 Å². The fourth-order valence-corrected chi connectivity index (χ4v) is 2.51. The van der Waals surface area contributed by atoms with E-state index in [9.17, 15) is 10.1 Å². The van der Waals surface area contributed by atoms with Gasteiger partial charge in [-0.05, 0) is 42.7 Å². The Hall–Kier alpha value is -1.88. The summed E-state index contributed by atoms with van der Waals surface area (Å²) in [6.07, 6.45) is 0. The van der Waals surface area contributed by atoms with Crippen molar-refractivity contribution in [3.05, 3.63) is 62.1 Å². The first kappa shape index (κ1) is 15.5. The normalized spacial score (nSPS) is 10.7. The number of hydrogen-bond donors (Lipinski definition) is 0. The highest BCUT2D eigenvalue weighted by atomic mass is 79.9. The number of ether oxygens (including phenoxy) is 1. The first-order valence-electron chi connectivity index (χ1n) is 6.61. The quantitative estimate of drug-likeness (QED) is 0.534. The second kappa shape index (κ2) is 6.26. The molecule has 0 aliphatic heterocycles. The number of benzene rings is 2. The zero-order chi connectivity index (χ0) is 15.6. The van der Waals surface area contributed by atoms with Crippen molar-refractivity contribution >= 4 is 21.6 Å². The zero-order valence-corrected chi connectivity index (χ0v) is 13.7. The lowest BCUT2D eigenvalue weighted by Gasteiger charge is -2.14. The van der Waals surface area contributed by atoms with Crippen LogP contribution in [0.2, 0.25) is 0 Å². The van der Waals surface area contributed by atoms with Gasteiger partial charge in [-0.1, -0.05) is 41.9 Å². The van der Waals surface area contributed by atoms with Crippen LogP contribution in [-0.4, -0.2) is 4.92 Å². The topological polar surface area (TPSA) is 52.4 Å². The van der Waals surface area contributed by atoms with E-state index in [1.807, 2.05) is 18.2 Å². The van der Waals surface area contributed by atoms with Crippen molar-refractivity contribution in [3.8, 4) is 11.5 Å². The average Bonchev–Trinajstić information content (AvgIpc) is 2.40. The van der Waals surface area contributed by atoms with Crippen molar-refractivity contribution in [2.45, 2.75) is 26.7 Å². The number of aryl methyl sites for hydroxylation is 1. The fourth-order valence-electron chi connectivity index (χ4n) is 2.13. The van der Waals surface area contributed by atoms with Crippen LogP contribution in [0.5, 0.6) is 11.5 Å². The number of halogens is 1. The van der Waals surface area contributed by atoms with Crippen LogP contribution < -0.4 is 4.74 Å². The van der Waals surface area contributed by atoms with Gasteiger partial charge in [0.25, 0.3) is 0 Å². The van der Waals surface area contributed by atoms with Crippen LogP contribution in [0.3, 0.4) is 0 Å². The molecule has 110 valence electrons. The van der Waals surface area contributed by atoms with Crippen molar-refractivity contribution in [2.24, 2.45) is 0 Å². The van der Waals surface area contributed by atoms with E-state index >= 15 is 0 Å². The molecule has 0 unspecified atom stereocenters. The summed E-state index contributed by atoms with van der Waals surface area (Å²) in [5, 5.41) is 11.2. The highest BCUT2D eigenvalue weighted by molar-refractivity contribution is 9.10. The number of hydrogen-bond acceptors (Lipinski definition) is 3. The maximum atomic E-state index is 11.2. The molecule has 0 aliphatic rings. The van der Waals surface area contributed by atoms with E-state index in [4.69, 9.17) is 4.74 Å². The molecule has 0 N–H and O–H groups in total. The van der Waals surface area contributed by atoms with Gasteiger partial charge in [-0.2, -0.15) is 0 Å². The number of nitro benzene ring substituents is 1. The number of para-hydroxylation sites is 1. The Morgan fingerprint density at radius 1 is 1.19 bits per heavy atom. The lowest BCUT2D eigenvalue weighted by Crippen LogP contribution is -1.98. The van der Waals surface area contributed by atoms with Crippen molar-refractivity contribution in [1.29, 1.82) is 0 Å². The summed E-state index contributed by atoms with van der Waals surface area (Å²) in [4.78, 5) is 10.8. The molecule has 0 atom stereocenters. The van der Waals surface area contributed by atoms with E-state index < -0.39 is 4.92 Å². The van der Waals surface area contributed by atoms with Gasteiger partial charge in [0.05, 0.1) is 4.92 Å².